The van der Waals surface area contributed by atoms with Crippen molar-refractivity contribution in [2.24, 2.45) is 0 Å². The maximum absolute atomic E-state index is 13.9. The minimum Gasteiger partial charge on any atom is -0.330 e. The van der Waals surface area contributed by atoms with Gasteiger partial charge in [0.2, 0.25) is 6.41 Å². The molecular weight excluding hydrogens is 581 g/mol. The number of hydrogen-bond acceptors (Lipinski definition) is 5. The molecule has 202 valence electrons. The lowest BCUT2D eigenvalue weighted by Gasteiger charge is -2.19. The van der Waals surface area contributed by atoms with Crippen LogP contribution in [0.3, 0.4) is 0 Å². The number of nitrogens with one attached hydrogen (secondary N) is 2. The van der Waals surface area contributed by atoms with Gasteiger partial charge >= 0.3 is 5.38 Å². The van der Waals surface area contributed by atoms with Crippen molar-refractivity contribution in [1.29, 1.82) is 0 Å². The zero-order chi connectivity index (χ0) is 28.2. The van der Waals surface area contributed by atoms with Crippen LogP contribution in [0, 0.1) is 0 Å². The number of carbonyl (C=O) groups is 2. The summed E-state index contributed by atoms with van der Waals surface area (Å²) in [5.41, 5.74) is 0.0599. The molecule has 3 aromatic rings. The van der Waals surface area contributed by atoms with Gasteiger partial charge in [-0.3, -0.25) is 14.4 Å². The summed E-state index contributed by atoms with van der Waals surface area (Å²) in [6, 6.07) is 11.0. The summed E-state index contributed by atoms with van der Waals surface area (Å²) < 4.78 is 27.7. The average molecular weight is 604 g/mol. The summed E-state index contributed by atoms with van der Waals surface area (Å²) in [4.78, 5) is 42.5. The van der Waals surface area contributed by atoms with Crippen molar-refractivity contribution in [1.82, 2.24) is 15.2 Å². The Morgan fingerprint density at radius 2 is 1.74 bits per heavy atom. The van der Waals surface area contributed by atoms with E-state index in [9.17, 15) is 23.2 Å². The average Bonchev–Trinajstić information content (AvgIpc) is 3.29. The van der Waals surface area contributed by atoms with E-state index in [4.69, 9.17) is 34.8 Å². The lowest BCUT2D eigenvalue weighted by Crippen LogP contribution is -2.32. The summed E-state index contributed by atoms with van der Waals surface area (Å²) in [5, 5.41) is -0.674. The summed E-state index contributed by atoms with van der Waals surface area (Å²) in [6.07, 6.45) is 0.663. The predicted molar refractivity (Wildman–Crippen MR) is 147 cm³/mol. The van der Waals surface area contributed by atoms with Crippen LogP contribution in [0.2, 0.25) is 10.0 Å². The number of fused-ring (bicyclic) bond motifs is 1. The molecule has 0 saturated heterocycles. The second-order valence-electron chi connectivity index (χ2n) is 8.23. The highest BCUT2D eigenvalue weighted by Crippen LogP contribution is 2.41. The van der Waals surface area contributed by atoms with E-state index < -0.39 is 22.5 Å². The van der Waals surface area contributed by atoms with Gasteiger partial charge in [-0.1, -0.05) is 47.1 Å². The number of H-pyrrole nitrogens is 1. The Morgan fingerprint density at radius 3 is 2.32 bits per heavy atom. The molecule has 0 radical (unpaired) electrons. The van der Waals surface area contributed by atoms with Gasteiger partial charge in [0.05, 0.1) is 10.0 Å². The van der Waals surface area contributed by atoms with Crippen LogP contribution in [-0.2, 0) is 23.3 Å². The normalized spacial score (nSPS) is 12.5. The number of rotatable bonds is 6. The maximum Gasteiger partial charge on any atom is 0.362 e. The molecule has 2 heterocycles. The van der Waals surface area contributed by atoms with E-state index in [2.05, 4.69) is 5.32 Å². The Bertz CT molecular complexity index is 1400. The van der Waals surface area contributed by atoms with E-state index in [-0.39, 0.29) is 33.6 Å². The quantitative estimate of drug-likeness (QED) is 0.279. The van der Waals surface area contributed by atoms with Gasteiger partial charge in [-0.15, -0.1) is 0 Å². The molecule has 38 heavy (non-hydrogen) atoms. The van der Waals surface area contributed by atoms with Crippen molar-refractivity contribution >= 4 is 64.6 Å². The Morgan fingerprint density at radius 1 is 1.13 bits per heavy atom. The SMILES string of the molecule is CN(C=O)c1ccc2c(c1)CN(C(=O)c1c(Sc3c(Cl)cccc3Cl)cc(C(F)(F)Cl)[nH]c1=O)C2.CNC. The van der Waals surface area contributed by atoms with Crippen LogP contribution >= 0.6 is 46.6 Å². The fourth-order valence-corrected chi connectivity index (χ4v) is 5.37. The van der Waals surface area contributed by atoms with Crippen molar-refractivity contribution in [2.45, 2.75) is 28.3 Å². The molecule has 13 heteroatoms. The number of halogens is 5. The molecule has 4 rings (SSSR count). The number of alkyl halides is 3. The molecule has 1 aliphatic heterocycles. The summed E-state index contributed by atoms with van der Waals surface area (Å²) in [7, 11) is 5.35. The molecule has 2 aromatic carbocycles. The number of anilines is 1. The molecule has 2 amide bonds. The minimum atomic E-state index is -3.87. The van der Waals surface area contributed by atoms with Gasteiger partial charge in [0, 0.05) is 35.6 Å². The van der Waals surface area contributed by atoms with E-state index >= 15 is 0 Å². The lowest BCUT2D eigenvalue weighted by molar-refractivity contribution is -0.107. The standard InChI is InChI=1S/C23H16Cl3F2N3O3S.C2H7N/c1-30(11-32)14-6-5-12-9-31(10-13(12)7-14)22(34)19-17(8-18(23(26,27)28)29-21(19)33)35-20-15(24)3-2-4-16(20)25;1-3-2/h2-8,11H,9-10H2,1H3,(H,29,33);3H,1-2H3. The van der Waals surface area contributed by atoms with Crippen molar-refractivity contribution in [3.8, 4) is 0 Å². The number of carbonyl (C=O) groups excluding carboxylic acids is 2. The monoisotopic (exact) mass is 602 g/mol. The van der Waals surface area contributed by atoms with Gasteiger partial charge in [-0.2, -0.15) is 8.78 Å². The Hall–Kier alpha value is -2.63. The first-order valence-corrected chi connectivity index (χ1v) is 13.0. The summed E-state index contributed by atoms with van der Waals surface area (Å²) >= 11 is 18.4. The maximum atomic E-state index is 13.9. The van der Waals surface area contributed by atoms with Crippen LogP contribution in [0.1, 0.15) is 27.2 Å². The molecule has 1 aromatic heterocycles. The molecule has 0 aliphatic carbocycles. The molecular formula is C25H23Cl3F2N4O3S. The van der Waals surface area contributed by atoms with Crippen molar-refractivity contribution in [3.63, 3.8) is 0 Å². The topological polar surface area (TPSA) is 85.5 Å². The van der Waals surface area contributed by atoms with Crippen LogP contribution in [-0.4, -0.2) is 43.3 Å². The third-order valence-electron chi connectivity index (χ3n) is 5.41. The van der Waals surface area contributed by atoms with Gasteiger partial charge in [0.25, 0.3) is 11.5 Å². The highest BCUT2D eigenvalue weighted by atomic mass is 35.5. The van der Waals surface area contributed by atoms with Crippen molar-refractivity contribution < 1.29 is 18.4 Å². The van der Waals surface area contributed by atoms with Gasteiger partial charge in [0.1, 0.15) is 11.3 Å². The Kier molecular flexibility index (Phi) is 9.83. The second kappa shape index (κ2) is 12.5. The second-order valence-corrected chi connectivity index (χ2v) is 10.6. The number of aromatic amines is 1. The number of pyridine rings is 1. The van der Waals surface area contributed by atoms with E-state index in [0.29, 0.717) is 17.0 Å². The molecule has 2 N–H and O–H groups in total. The summed E-state index contributed by atoms with van der Waals surface area (Å²) in [6.45, 7) is 0.363. The van der Waals surface area contributed by atoms with Crippen LogP contribution in [0.4, 0.5) is 14.5 Å². The molecule has 0 saturated carbocycles. The van der Waals surface area contributed by atoms with Crippen LogP contribution in [0.15, 0.2) is 57.1 Å². The van der Waals surface area contributed by atoms with Crippen LogP contribution < -0.4 is 15.8 Å². The zero-order valence-electron chi connectivity index (χ0n) is 20.5. The highest BCUT2D eigenvalue weighted by Gasteiger charge is 2.34. The van der Waals surface area contributed by atoms with Gasteiger partial charge in [-0.25, -0.2) is 0 Å². The molecule has 0 fully saturated rings. The highest BCUT2D eigenvalue weighted by molar-refractivity contribution is 7.99. The fourth-order valence-electron chi connectivity index (χ4n) is 3.62. The van der Waals surface area contributed by atoms with E-state index in [1.807, 2.05) is 19.1 Å². The first kappa shape index (κ1) is 29.9. The molecule has 0 bridgehead atoms. The van der Waals surface area contributed by atoms with E-state index in [1.54, 1.807) is 43.4 Å². The Labute approximate surface area is 237 Å². The predicted octanol–water partition coefficient (Wildman–Crippen LogP) is 5.71. The number of amides is 2. The van der Waals surface area contributed by atoms with Gasteiger partial charge in [0.15, 0.2) is 0 Å². The van der Waals surface area contributed by atoms with E-state index in [0.717, 1.165) is 29.0 Å². The zero-order valence-corrected chi connectivity index (χ0v) is 23.5. The van der Waals surface area contributed by atoms with Crippen LogP contribution in [0.5, 0.6) is 0 Å². The van der Waals surface area contributed by atoms with Gasteiger partial charge < -0.3 is 20.1 Å². The molecule has 0 spiro atoms. The third-order valence-corrected chi connectivity index (χ3v) is 7.66. The van der Waals surface area contributed by atoms with Crippen LogP contribution in [0.25, 0.3) is 0 Å². The first-order chi connectivity index (χ1) is 17.9. The lowest BCUT2D eigenvalue weighted by atomic mass is 10.1. The van der Waals surface area contributed by atoms with E-state index in [1.165, 1.54) is 9.80 Å². The third kappa shape index (κ3) is 6.68. The first-order valence-electron chi connectivity index (χ1n) is 11.0. The summed E-state index contributed by atoms with van der Waals surface area (Å²) in [5.74, 6) is -0.664. The fraction of sp³-hybridized carbons (Fsp3) is 0.240. The van der Waals surface area contributed by atoms with Crippen molar-refractivity contribution in [2.75, 3.05) is 26.0 Å². The van der Waals surface area contributed by atoms with Gasteiger partial charge in [-0.05, 0) is 67.2 Å². The molecule has 1 aliphatic rings. The Balaban J connectivity index is 0.00000127. The molecule has 0 atom stereocenters. The molecule has 7 nitrogen and oxygen atoms in total. The largest absolute Gasteiger partial charge is 0.362 e. The minimum absolute atomic E-state index is 0.0681. The number of aromatic nitrogens is 1. The number of nitrogens with zero attached hydrogens (tertiary/aromatic N) is 2. The smallest absolute Gasteiger partial charge is 0.330 e. The van der Waals surface area contributed by atoms with Crippen molar-refractivity contribution in [3.05, 3.63) is 85.2 Å². The number of hydrogen-bond donors (Lipinski definition) is 2. The molecule has 0 unspecified atom stereocenters. The number of benzene rings is 2.